The fraction of sp³-hybridized carbons (Fsp3) is 0.400. The third-order valence-electron chi connectivity index (χ3n) is 6.19. The van der Waals surface area contributed by atoms with E-state index in [-0.39, 0.29) is 0 Å². The number of aromatic amines is 1. The number of ether oxygens (including phenoxy) is 2. The predicted octanol–water partition coefficient (Wildman–Crippen LogP) is 8.21. The average Bonchev–Trinajstić information content (AvgIpc) is 3.39. The van der Waals surface area contributed by atoms with Crippen LogP contribution >= 0.6 is 0 Å². The van der Waals surface area contributed by atoms with Crippen LogP contribution in [0.15, 0.2) is 60.8 Å². The van der Waals surface area contributed by atoms with Crippen LogP contribution in [0.25, 0.3) is 33.4 Å². The second-order valence-corrected chi connectivity index (χ2v) is 9.09. The summed E-state index contributed by atoms with van der Waals surface area (Å²) in [5.74, 6) is 1.66. The first-order valence-electron chi connectivity index (χ1n) is 13.1. The normalized spacial score (nSPS) is 11.1. The lowest BCUT2D eigenvalue weighted by Gasteiger charge is -2.12. The number of nitrogens with one attached hydrogen (secondary N) is 1. The van der Waals surface area contributed by atoms with Crippen LogP contribution in [0, 0.1) is 0 Å². The lowest BCUT2D eigenvalue weighted by molar-refractivity contribution is 0.290. The molecule has 5 nitrogen and oxygen atoms in total. The highest BCUT2D eigenvalue weighted by Crippen LogP contribution is 2.31. The summed E-state index contributed by atoms with van der Waals surface area (Å²) in [5.41, 5.74) is 3.59. The molecule has 4 rings (SSSR count). The van der Waals surface area contributed by atoms with Gasteiger partial charge in [-0.05, 0) is 42.5 Å². The van der Waals surface area contributed by atoms with E-state index in [2.05, 4.69) is 59.4 Å². The molecule has 0 aliphatic heterocycles. The van der Waals surface area contributed by atoms with Crippen LogP contribution < -0.4 is 9.47 Å². The van der Waals surface area contributed by atoms with Gasteiger partial charge in [0.05, 0.1) is 30.3 Å². The van der Waals surface area contributed by atoms with Crippen molar-refractivity contribution < 1.29 is 9.47 Å². The van der Waals surface area contributed by atoms with E-state index < -0.39 is 0 Å². The minimum Gasteiger partial charge on any atom is -0.493 e. The van der Waals surface area contributed by atoms with Crippen LogP contribution in [-0.2, 0) is 0 Å². The molecule has 2 aromatic heterocycles. The number of pyridine rings is 1. The molecule has 0 saturated heterocycles. The van der Waals surface area contributed by atoms with Gasteiger partial charge in [0.25, 0.3) is 0 Å². The number of hydrogen-bond acceptors (Lipinski definition) is 4. The Hall–Kier alpha value is -3.34. The Labute approximate surface area is 208 Å². The maximum Gasteiger partial charge on any atom is 0.123 e. The monoisotopic (exact) mass is 471 g/mol. The van der Waals surface area contributed by atoms with Crippen LogP contribution in [0.1, 0.15) is 65.2 Å². The Morgan fingerprint density at radius 1 is 0.686 bits per heavy atom. The molecule has 184 valence electrons. The van der Waals surface area contributed by atoms with E-state index in [0.717, 1.165) is 57.8 Å². The molecular weight excluding hydrogens is 434 g/mol. The SMILES string of the molecule is CCCCCCOc1cc(OCCCCCC)cc(-c2cc(-c3cc4ccccc4cn3)[nH]n2)c1. The van der Waals surface area contributed by atoms with Gasteiger partial charge < -0.3 is 9.47 Å². The summed E-state index contributed by atoms with van der Waals surface area (Å²) >= 11 is 0. The number of aromatic nitrogens is 3. The number of unbranched alkanes of at least 4 members (excludes halogenated alkanes) is 6. The molecule has 4 aromatic rings. The molecule has 0 saturated carbocycles. The van der Waals surface area contributed by atoms with Gasteiger partial charge in [0.2, 0.25) is 0 Å². The summed E-state index contributed by atoms with van der Waals surface area (Å²) in [5, 5.41) is 10.0. The third-order valence-corrected chi connectivity index (χ3v) is 6.19. The first-order valence-corrected chi connectivity index (χ1v) is 13.1. The Morgan fingerprint density at radius 2 is 1.34 bits per heavy atom. The van der Waals surface area contributed by atoms with Gasteiger partial charge in [-0.2, -0.15) is 5.10 Å². The summed E-state index contributed by atoms with van der Waals surface area (Å²) in [4.78, 5) is 4.63. The summed E-state index contributed by atoms with van der Waals surface area (Å²) in [7, 11) is 0. The second kappa shape index (κ2) is 12.9. The molecule has 5 heteroatoms. The van der Waals surface area contributed by atoms with Gasteiger partial charge in [-0.3, -0.25) is 10.1 Å². The average molecular weight is 472 g/mol. The minimum atomic E-state index is 0.715. The fourth-order valence-electron chi connectivity index (χ4n) is 4.16. The maximum atomic E-state index is 6.11. The molecule has 0 aliphatic rings. The van der Waals surface area contributed by atoms with Crippen molar-refractivity contribution in [3.05, 3.63) is 60.8 Å². The highest BCUT2D eigenvalue weighted by atomic mass is 16.5. The van der Waals surface area contributed by atoms with Crippen molar-refractivity contribution in [1.82, 2.24) is 15.2 Å². The second-order valence-electron chi connectivity index (χ2n) is 9.09. The van der Waals surface area contributed by atoms with Crippen LogP contribution in [0.4, 0.5) is 0 Å². The fourth-order valence-corrected chi connectivity index (χ4v) is 4.16. The lowest BCUT2D eigenvalue weighted by Crippen LogP contribution is -2.00. The number of H-pyrrole nitrogens is 1. The number of hydrogen-bond donors (Lipinski definition) is 1. The molecule has 1 N–H and O–H groups in total. The summed E-state index contributed by atoms with van der Waals surface area (Å²) < 4.78 is 12.2. The molecule has 0 radical (unpaired) electrons. The number of nitrogens with zero attached hydrogens (tertiary/aromatic N) is 2. The third kappa shape index (κ3) is 7.08. The van der Waals surface area contributed by atoms with Gasteiger partial charge >= 0.3 is 0 Å². The van der Waals surface area contributed by atoms with Crippen molar-refractivity contribution in [2.24, 2.45) is 0 Å². The Kier molecular flexibility index (Phi) is 9.16. The Morgan fingerprint density at radius 3 is 2.00 bits per heavy atom. The zero-order chi connectivity index (χ0) is 24.3. The smallest absolute Gasteiger partial charge is 0.123 e. The van der Waals surface area contributed by atoms with Crippen LogP contribution in [0.2, 0.25) is 0 Å². The quantitative estimate of drug-likeness (QED) is 0.188. The van der Waals surface area contributed by atoms with Gasteiger partial charge in [0.15, 0.2) is 0 Å². The maximum absolute atomic E-state index is 6.11. The minimum absolute atomic E-state index is 0.715. The van der Waals surface area contributed by atoms with Gasteiger partial charge in [-0.25, -0.2) is 0 Å². The highest BCUT2D eigenvalue weighted by Gasteiger charge is 2.11. The van der Waals surface area contributed by atoms with Crippen molar-refractivity contribution in [2.75, 3.05) is 13.2 Å². The number of fused-ring (bicyclic) bond motifs is 1. The van der Waals surface area contributed by atoms with Crippen LogP contribution in [-0.4, -0.2) is 28.4 Å². The highest BCUT2D eigenvalue weighted by molar-refractivity contribution is 5.85. The summed E-state index contributed by atoms with van der Waals surface area (Å²) in [6.45, 7) is 5.87. The van der Waals surface area contributed by atoms with E-state index in [1.807, 2.05) is 30.5 Å². The number of benzene rings is 2. The lowest BCUT2D eigenvalue weighted by atomic mass is 10.1. The molecule has 0 fully saturated rings. The van der Waals surface area contributed by atoms with E-state index >= 15 is 0 Å². The first-order chi connectivity index (χ1) is 17.3. The molecule has 35 heavy (non-hydrogen) atoms. The van der Waals surface area contributed by atoms with Crippen LogP contribution in [0.3, 0.4) is 0 Å². The van der Waals surface area contributed by atoms with Gasteiger partial charge in [0.1, 0.15) is 11.5 Å². The van der Waals surface area contributed by atoms with Gasteiger partial charge in [-0.1, -0.05) is 76.6 Å². The molecule has 0 aliphatic carbocycles. The van der Waals surface area contributed by atoms with Gasteiger partial charge in [0, 0.05) is 23.2 Å². The summed E-state index contributed by atoms with van der Waals surface area (Å²) in [6.07, 6.45) is 11.3. The van der Waals surface area contributed by atoms with Crippen molar-refractivity contribution in [3.8, 4) is 34.1 Å². The van der Waals surface area contributed by atoms with E-state index in [4.69, 9.17) is 9.47 Å². The predicted molar refractivity (Wildman–Crippen MR) is 144 cm³/mol. The molecule has 0 spiro atoms. The van der Waals surface area contributed by atoms with E-state index in [9.17, 15) is 0 Å². The topological polar surface area (TPSA) is 60.0 Å². The standard InChI is InChI=1S/C30H37N3O2/c1-3-5-7-11-15-34-26-17-25(18-27(20-26)35-16-12-8-6-4-2)28-21-30(33-32-28)29-19-23-13-9-10-14-24(23)22-31-29/h9-10,13-14,17-22H,3-8,11-12,15-16H2,1-2H3,(H,32,33). The molecule has 0 atom stereocenters. The Bertz CT molecular complexity index is 1170. The largest absolute Gasteiger partial charge is 0.493 e. The van der Waals surface area contributed by atoms with Crippen molar-refractivity contribution in [2.45, 2.75) is 65.2 Å². The Balaban J connectivity index is 1.52. The van der Waals surface area contributed by atoms with Gasteiger partial charge in [-0.15, -0.1) is 0 Å². The summed E-state index contributed by atoms with van der Waals surface area (Å²) in [6, 6.07) is 18.5. The van der Waals surface area contributed by atoms with E-state index in [0.29, 0.717) is 13.2 Å². The molecule has 0 amide bonds. The van der Waals surface area contributed by atoms with Crippen LogP contribution in [0.5, 0.6) is 11.5 Å². The van der Waals surface area contributed by atoms with E-state index in [1.54, 1.807) is 0 Å². The van der Waals surface area contributed by atoms with Crippen molar-refractivity contribution in [3.63, 3.8) is 0 Å². The van der Waals surface area contributed by atoms with Crippen molar-refractivity contribution in [1.29, 1.82) is 0 Å². The zero-order valence-corrected chi connectivity index (χ0v) is 21.1. The zero-order valence-electron chi connectivity index (χ0n) is 21.1. The number of rotatable bonds is 14. The molecule has 0 unspecified atom stereocenters. The molecule has 0 bridgehead atoms. The molecule has 2 heterocycles. The first kappa shape index (κ1) is 24.8. The van der Waals surface area contributed by atoms with Crippen molar-refractivity contribution >= 4 is 10.8 Å². The molecular formula is C30H37N3O2. The molecule has 2 aromatic carbocycles. The van der Waals surface area contributed by atoms with E-state index in [1.165, 1.54) is 38.5 Å².